The summed E-state index contributed by atoms with van der Waals surface area (Å²) in [5.41, 5.74) is 2.17. The number of rotatable bonds is 3. The minimum Gasteiger partial charge on any atom is -0.462 e. The van der Waals surface area contributed by atoms with Crippen molar-refractivity contribution in [3.63, 3.8) is 0 Å². The van der Waals surface area contributed by atoms with Gasteiger partial charge in [0.15, 0.2) is 0 Å². The fraction of sp³-hybridized carbons (Fsp3) is 0.893. The molecule has 0 saturated heterocycles. The summed E-state index contributed by atoms with van der Waals surface area (Å²) in [7, 11) is 0. The smallest absolute Gasteiger partial charge is 0.302 e. The molecule has 5 saturated carbocycles. The third-order valence-electron chi connectivity index (χ3n) is 12.4. The molecule has 0 aromatic rings. The number of hydrogen-bond donors (Lipinski definition) is 0. The van der Waals surface area contributed by atoms with Gasteiger partial charge in [-0.05, 0) is 103 Å². The van der Waals surface area contributed by atoms with Gasteiger partial charge in [0.05, 0.1) is 0 Å². The Morgan fingerprint density at radius 2 is 1.60 bits per heavy atom. The van der Waals surface area contributed by atoms with Gasteiger partial charge in [0.25, 0.3) is 0 Å². The fourth-order valence-electron chi connectivity index (χ4n) is 10.8. The minimum atomic E-state index is -0.0995. The first-order chi connectivity index (χ1) is 14.0. The maximum absolute atomic E-state index is 11.8. The fourth-order valence-corrected chi connectivity index (χ4v) is 10.8. The third kappa shape index (κ3) is 2.25. The molecule has 0 radical (unpaired) electrons. The minimum absolute atomic E-state index is 0.0995. The quantitative estimate of drug-likeness (QED) is 0.362. The van der Waals surface area contributed by atoms with Crippen LogP contribution in [0.2, 0.25) is 0 Å². The molecule has 0 aromatic carbocycles. The number of ether oxygens (including phenoxy) is 1. The molecule has 9 atom stereocenters. The van der Waals surface area contributed by atoms with Crippen molar-refractivity contribution in [2.45, 2.75) is 105 Å². The molecule has 30 heavy (non-hydrogen) atoms. The predicted octanol–water partition coefficient (Wildman–Crippen LogP) is 7.18. The first-order valence-electron chi connectivity index (χ1n) is 12.8. The molecular formula is C28H44O2. The number of carbonyl (C=O) groups excluding carboxylic acids is 1. The second-order valence-electron chi connectivity index (χ2n) is 13.2. The molecule has 2 nitrogen and oxygen atoms in total. The number of fused-ring (bicyclic) bond motifs is 2. The van der Waals surface area contributed by atoms with Gasteiger partial charge in [-0.1, -0.05) is 40.7 Å². The molecule has 2 heteroatoms. The summed E-state index contributed by atoms with van der Waals surface area (Å²) in [5, 5.41) is 0. The van der Waals surface area contributed by atoms with Crippen molar-refractivity contribution in [2.24, 2.45) is 50.7 Å². The summed E-state index contributed by atoms with van der Waals surface area (Å²) >= 11 is 0. The third-order valence-corrected chi connectivity index (χ3v) is 12.4. The van der Waals surface area contributed by atoms with Crippen LogP contribution in [0.3, 0.4) is 0 Å². The van der Waals surface area contributed by atoms with E-state index in [0.717, 1.165) is 24.2 Å². The van der Waals surface area contributed by atoms with E-state index < -0.39 is 0 Å². The molecule has 5 aliphatic carbocycles. The Balaban J connectivity index is 1.47. The van der Waals surface area contributed by atoms with Gasteiger partial charge < -0.3 is 4.74 Å². The Morgan fingerprint density at radius 1 is 0.933 bits per heavy atom. The van der Waals surface area contributed by atoms with Gasteiger partial charge in [0.2, 0.25) is 0 Å². The van der Waals surface area contributed by atoms with E-state index in [1.54, 1.807) is 6.92 Å². The van der Waals surface area contributed by atoms with Crippen LogP contribution in [0, 0.1) is 50.7 Å². The van der Waals surface area contributed by atoms with Crippen LogP contribution in [0.15, 0.2) is 12.7 Å². The normalized spacial score (nSPS) is 54.1. The van der Waals surface area contributed by atoms with Crippen molar-refractivity contribution in [3.8, 4) is 0 Å². The van der Waals surface area contributed by atoms with Crippen LogP contribution in [-0.4, -0.2) is 12.1 Å². The van der Waals surface area contributed by atoms with Crippen LogP contribution in [0.25, 0.3) is 0 Å². The zero-order valence-electron chi connectivity index (χ0n) is 20.4. The maximum Gasteiger partial charge on any atom is 0.302 e. The van der Waals surface area contributed by atoms with E-state index in [0.29, 0.717) is 27.6 Å². The van der Waals surface area contributed by atoms with Crippen LogP contribution in [0.5, 0.6) is 0 Å². The molecule has 2 spiro atoms. The highest BCUT2D eigenvalue weighted by Gasteiger charge is 2.82. The van der Waals surface area contributed by atoms with Gasteiger partial charge in [0, 0.05) is 12.3 Å². The van der Waals surface area contributed by atoms with Gasteiger partial charge in [-0.15, -0.1) is 6.58 Å². The van der Waals surface area contributed by atoms with E-state index in [4.69, 9.17) is 4.74 Å². The molecule has 0 heterocycles. The van der Waals surface area contributed by atoms with Crippen molar-refractivity contribution >= 4 is 5.97 Å². The van der Waals surface area contributed by atoms with Crippen LogP contribution in [-0.2, 0) is 9.53 Å². The van der Waals surface area contributed by atoms with Gasteiger partial charge in [-0.25, -0.2) is 0 Å². The lowest BCUT2D eigenvalue weighted by molar-refractivity contribution is -0.181. The lowest BCUT2D eigenvalue weighted by Gasteiger charge is -2.63. The first kappa shape index (κ1) is 21.1. The average Bonchev–Trinajstić information content (AvgIpc) is 3.26. The van der Waals surface area contributed by atoms with E-state index in [9.17, 15) is 4.79 Å². The lowest BCUT2D eigenvalue weighted by atomic mass is 9.42. The number of carbonyl (C=O) groups is 1. The molecule has 5 aliphatic rings. The van der Waals surface area contributed by atoms with E-state index in [-0.39, 0.29) is 17.5 Å². The Bertz CT molecular complexity index is 769. The highest BCUT2D eigenvalue weighted by molar-refractivity contribution is 5.66. The molecule has 0 aliphatic heterocycles. The van der Waals surface area contributed by atoms with E-state index in [1.807, 2.05) is 0 Å². The first-order valence-corrected chi connectivity index (χ1v) is 12.8. The van der Waals surface area contributed by atoms with Gasteiger partial charge in [0.1, 0.15) is 6.10 Å². The van der Waals surface area contributed by atoms with Crippen molar-refractivity contribution in [3.05, 3.63) is 12.7 Å². The van der Waals surface area contributed by atoms with Crippen LogP contribution >= 0.6 is 0 Å². The van der Waals surface area contributed by atoms with E-state index in [2.05, 4.69) is 47.3 Å². The topological polar surface area (TPSA) is 26.3 Å². The summed E-state index contributed by atoms with van der Waals surface area (Å²) in [6, 6.07) is 0. The zero-order valence-corrected chi connectivity index (χ0v) is 20.4. The van der Waals surface area contributed by atoms with Crippen LogP contribution in [0.4, 0.5) is 0 Å². The average molecular weight is 413 g/mol. The highest BCUT2D eigenvalue weighted by Crippen LogP contribution is 2.89. The molecule has 0 bridgehead atoms. The molecule has 0 amide bonds. The van der Waals surface area contributed by atoms with Gasteiger partial charge in [-0.2, -0.15) is 0 Å². The molecule has 5 fully saturated rings. The summed E-state index contributed by atoms with van der Waals surface area (Å²) in [6.07, 6.45) is 14.5. The molecule has 0 aromatic heterocycles. The van der Waals surface area contributed by atoms with Crippen LogP contribution < -0.4 is 0 Å². The molecule has 0 N–H and O–H groups in total. The Kier molecular flexibility index (Phi) is 4.33. The lowest BCUT2D eigenvalue weighted by Crippen LogP contribution is -2.58. The Labute approximate surface area is 184 Å². The summed E-state index contributed by atoms with van der Waals surface area (Å²) in [5.74, 6) is 2.95. The Hall–Kier alpha value is -0.790. The second-order valence-corrected chi connectivity index (χ2v) is 13.2. The number of esters is 1. The molecule has 4 unspecified atom stereocenters. The van der Waals surface area contributed by atoms with Crippen molar-refractivity contribution < 1.29 is 9.53 Å². The monoisotopic (exact) mass is 412 g/mol. The predicted molar refractivity (Wildman–Crippen MR) is 122 cm³/mol. The van der Waals surface area contributed by atoms with Gasteiger partial charge in [-0.3, -0.25) is 4.79 Å². The standard InChI is InChI=1S/C28H44O2/c1-8-18(2)20-11-13-26(7)22-10-9-21-24(4,5)23(30-19(3)29)12-14-27(21)17-28(22,27)16-15-25(20,26)6/h8,18,20-23H,1,9-17H2,2-7H3/t18-,20?,21?,22?,23+,25-,26+,27-,28?/m1/s1. The van der Waals surface area contributed by atoms with Crippen molar-refractivity contribution in [1.29, 1.82) is 0 Å². The molecular weight excluding hydrogens is 368 g/mol. The largest absolute Gasteiger partial charge is 0.462 e. The van der Waals surface area contributed by atoms with E-state index in [1.165, 1.54) is 51.4 Å². The summed E-state index contributed by atoms with van der Waals surface area (Å²) in [4.78, 5) is 11.8. The van der Waals surface area contributed by atoms with Crippen molar-refractivity contribution in [2.75, 3.05) is 0 Å². The molecule has 168 valence electrons. The second kappa shape index (κ2) is 6.16. The number of allylic oxidation sites excluding steroid dienone is 1. The number of hydrogen-bond acceptors (Lipinski definition) is 2. The SMILES string of the molecule is C=C[C@@H](C)C1CC[C@@]2(C)C3CCC4C(C)(C)[C@@H](OC(C)=O)CC[C@@]45CC35CC[C@]12C. The highest BCUT2D eigenvalue weighted by atomic mass is 16.5. The van der Waals surface area contributed by atoms with Crippen LogP contribution in [0.1, 0.15) is 99.3 Å². The summed E-state index contributed by atoms with van der Waals surface area (Å²) < 4.78 is 5.86. The van der Waals surface area contributed by atoms with Gasteiger partial charge >= 0.3 is 5.97 Å². The molecule has 5 rings (SSSR count). The van der Waals surface area contributed by atoms with E-state index >= 15 is 0 Å². The zero-order chi connectivity index (χ0) is 21.7. The summed E-state index contributed by atoms with van der Waals surface area (Å²) in [6.45, 7) is 18.3. The van der Waals surface area contributed by atoms with Crippen molar-refractivity contribution in [1.82, 2.24) is 0 Å². The maximum atomic E-state index is 11.8. The Morgan fingerprint density at radius 3 is 2.27 bits per heavy atom.